The van der Waals surface area contributed by atoms with E-state index in [1.165, 1.54) is 25.7 Å². The van der Waals surface area contributed by atoms with Crippen LogP contribution >= 0.6 is 0 Å². The van der Waals surface area contributed by atoms with Gasteiger partial charge < -0.3 is 0 Å². The third kappa shape index (κ3) is 9.92. The van der Waals surface area contributed by atoms with Crippen molar-refractivity contribution in [3.8, 4) is 0 Å². The zero-order valence-electron chi connectivity index (χ0n) is 8.60. The molecule has 0 saturated carbocycles. The van der Waals surface area contributed by atoms with Gasteiger partial charge >= 0.3 is 0 Å². The summed E-state index contributed by atoms with van der Waals surface area (Å²) < 4.78 is 0. The molecule has 71 valence electrons. The van der Waals surface area contributed by atoms with Crippen molar-refractivity contribution >= 4 is 8.32 Å². The van der Waals surface area contributed by atoms with Crippen molar-refractivity contribution in [2.24, 2.45) is 0 Å². The van der Waals surface area contributed by atoms with E-state index >= 15 is 0 Å². The summed E-state index contributed by atoms with van der Waals surface area (Å²) in [6.07, 6.45) is 8.33. The zero-order chi connectivity index (χ0) is 9.45. The number of allylic oxidation sites excluding steroid dienone is 1. The number of hydrogen-bond donors (Lipinski definition) is 0. The van der Waals surface area contributed by atoms with Crippen LogP contribution in [-0.4, -0.2) is 8.32 Å². The van der Waals surface area contributed by atoms with Crippen LogP contribution in [-0.2, 0) is 4.80 Å². The molecule has 0 aliphatic heterocycles. The summed E-state index contributed by atoms with van der Waals surface area (Å²) in [5.41, 5.74) is 1.90. The normalized spacial score (nSPS) is 12.7. The molecule has 0 aromatic rings. The Morgan fingerprint density at radius 1 is 1.17 bits per heavy atom. The summed E-state index contributed by atoms with van der Waals surface area (Å²) in [5.74, 6) is 0. The van der Waals surface area contributed by atoms with E-state index in [-0.39, 0.29) is 0 Å². The predicted octanol–water partition coefficient (Wildman–Crippen LogP) is 3.69. The lowest BCUT2D eigenvalue weighted by Gasteiger charge is -2.02. The van der Waals surface area contributed by atoms with Crippen LogP contribution in [0.2, 0.25) is 13.1 Å². The monoisotopic (exact) mass is 185 g/mol. The molecular formula is C10H21OSi. The Kier molecular flexibility index (Phi) is 6.39. The number of hydrogen-bond acceptors (Lipinski definition) is 0. The van der Waals surface area contributed by atoms with Gasteiger partial charge in [-0.2, -0.15) is 0 Å². The lowest BCUT2D eigenvalue weighted by Crippen LogP contribution is -2.18. The minimum Gasteiger partial charge on any atom is -0.293 e. The summed E-state index contributed by atoms with van der Waals surface area (Å²) in [6, 6.07) is 0. The molecule has 1 nitrogen and oxygen atoms in total. The van der Waals surface area contributed by atoms with Gasteiger partial charge in [0, 0.05) is 0 Å². The fourth-order valence-corrected chi connectivity index (χ4v) is 1.79. The maximum absolute atomic E-state index is 11.2. The molecule has 0 amide bonds. The van der Waals surface area contributed by atoms with Gasteiger partial charge in [0.1, 0.15) is 0 Å². The van der Waals surface area contributed by atoms with Crippen LogP contribution in [0.3, 0.4) is 0 Å². The van der Waals surface area contributed by atoms with Gasteiger partial charge in [0.05, 0.1) is 0 Å². The quantitative estimate of drug-likeness (QED) is 0.444. The first kappa shape index (κ1) is 11.9. The first-order valence-electron chi connectivity index (χ1n) is 4.94. The third-order valence-electron chi connectivity index (χ3n) is 1.74. The van der Waals surface area contributed by atoms with E-state index < -0.39 is 8.32 Å². The van der Waals surface area contributed by atoms with Crippen LogP contribution in [0.4, 0.5) is 0 Å². The second-order valence-corrected chi connectivity index (χ2v) is 7.40. The molecule has 12 heavy (non-hydrogen) atoms. The van der Waals surface area contributed by atoms with E-state index in [0.717, 1.165) is 6.42 Å². The van der Waals surface area contributed by atoms with E-state index in [1.807, 2.05) is 18.8 Å². The average Bonchev–Trinajstić information content (AvgIpc) is 1.94. The van der Waals surface area contributed by atoms with E-state index in [4.69, 9.17) is 0 Å². The average molecular weight is 185 g/mol. The molecule has 2 heteroatoms. The van der Waals surface area contributed by atoms with Crippen LogP contribution in [0, 0.1) is 0 Å². The maximum Gasteiger partial charge on any atom is 0.254 e. The van der Waals surface area contributed by atoms with Crippen LogP contribution in [0.5, 0.6) is 0 Å². The molecule has 0 aliphatic rings. The molecule has 0 aliphatic carbocycles. The first-order valence-corrected chi connectivity index (χ1v) is 7.93. The van der Waals surface area contributed by atoms with Gasteiger partial charge in [0.25, 0.3) is 8.32 Å². The van der Waals surface area contributed by atoms with Crippen molar-refractivity contribution < 1.29 is 4.80 Å². The molecule has 0 saturated heterocycles. The first-order chi connectivity index (χ1) is 5.56. The van der Waals surface area contributed by atoms with Gasteiger partial charge in [0.15, 0.2) is 0 Å². The molecule has 0 N–H and O–H groups in total. The SMILES string of the molecule is CCCCCCC=C[Si](C)(C)[O]. The van der Waals surface area contributed by atoms with Crippen molar-refractivity contribution in [1.82, 2.24) is 0 Å². The highest BCUT2D eigenvalue weighted by molar-refractivity contribution is 6.74. The van der Waals surface area contributed by atoms with E-state index in [1.54, 1.807) is 0 Å². The number of rotatable bonds is 6. The Balaban J connectivity index is 3.25. The minimum absolute atomic E-state index is 1.10. The maximum atomic E-state index is 11.2. The summed E-state index contributed by atoms with van der Waals surface area (Å²) >= 11 is 0. The Labute approximate surface area is 77.6 Å². The molecule has 0 atom stereocenters. The molecule has 0 rings (SSSR count). The molecule has 0 heterocycles. The van der Waals surface area contributed by atoms with Crippen molar-refractivity contribution in [2.75, 3.05) is 0 Å². The molecular weight excluding hydrogens is 164 g/mol. The van der Waals surface area contributed by atoms with Gasteiger partial charge in [-0.3, -0.25) is 4.80 Å². The molecule has 0 bridgehead atoms. The standard InChI is InChI=1S/C10H21OSi/c1-4-5-6-7-8-9-10-12(2,3)11/h9-10H,4-8H2,1-3H3. The van der Waals surface area contributed by atoms with Gasteiger partial charge in [-0.05, 0) is 25.9 Å². The number of unbranched alkanes of at least 4 members (excludes halogenated alkanes) is 4. The highest BCUT2D eigenvalue weighted by Crippen LogP contribution is 2.05. The topological polar surface area (TPSA) is 19.9 Å². The smallest absolute Gasteiger partial charge is 0.254 e. The Hall–Kier alpha value is -0.0831. The van der Waals surface area contributed by atoms with E-state index in [9.17, 15) is 4.80 Å². The zero-order valence-corrected chi connectivity index (χ0v) is 9.60. The van der Waals surface area contributed by atoms with Crippen molar-refractivity contribution in [3.63, 3.8) is 0 Å². The van der Waals surface area contributed by atoms with Crippen molar-refractivity contribution in [2.45, 2.75) is 52.1 Å². The molecule has 0 aromatic carbocycles. The van der Waals surface area contributed by atoms with E-state index in [2.05, 4.69) is 13.0 Å². The van der Waals surface area contributed by atoms with Crippen LogP contribution in [0.15, 0.2) is 11.8 Å². The second kappa shape index (κ2) is 6.43. The summed E-state index contributed by atoms with van der Waals surface area (Å²) in [4.78, 5) is 11.2. The van der Waals surface area contributed by atoms with Gasteiger partial charge in [-0.25, -0.2) is 0 Å². The van der Waals surface area contributed by atoms with Crippen LogP contribution in [0.25, 0.3) is 0 Å². The molecule has 1 radical (unpaired) electrons. The van der Waals surface area contributed by atoms with Gasteiger partial charge in [0.2, 0.25) is 0 Å². The van der Waals surface area contributed by atoms with Crippen molar-refractivity contribution in [1.29, 1.82) is 0 Å². The Morgan fingerprint density at radius 3 is 2.33 bits per heavy atom. The fraction of sp³-hybridized carbons (Fsp3) is 0.800. The molecule has 0 unspecified atom stereocenters. The lowest BCUT2D eigenvalue weighted by atomic mass is 10.2. The molecule has 0 aromatic heterocycles. The second-order valence-electron chi connectivity index (χ2n) is 3.86. The predicted molar refractivity (Wildman–Crippen MR) is 56.1 cm³/mol. The molecule has 0 spiro atoms. The van der Waals surface area contributed by atoms with Crippen LogP contribution < -0.4 is 0 Å². The molecule has 0 fully saturated rings. The fourth-order valence-electron chi connectivity index (χ4n) is 1.06. The Bertz CT molecular complexity index is 124. The van der Waals surface area contributed by atoms with Crippen molar-refractivity contribution in [3.05, 3.63) is 11.8 Å². The van der Waals surface area contributed by atoms with E-state index in [0.29, 0.717) is 0 Å². The largest absolute Gasteiger partial charge is 0.293 e. The third-order valence-corrected chi connectivity index (χ3v) is 2.78. The summed E-state index contributed by atoms with van der Waals surface area (Å²) in [5, 5.41) is 0. The van der Waals surface area contributed by atoms with Gasteiger partial charge in [-0.15, -0.1) is 0 Å². The van der Waals surface area contributed by atoms with Gasteiger partial charge in [-0.1, -0.05) is 38.0 Å². The Morgan fingerprint density at radius 2 is 1.83 bits per heavy atom. The highest BCUT2D eigenvalue weighted by atomic mass is 28.4. The minimum atomic E-state index is -2.16. The summed E-state index contributed by atoms with van der Waals surface area (Å²) in [7, 11) is -2.16. The van der Waals surface area contributed by atoms with Crippen LogP contribution in [0.1, 0.15) is 39.0 Å². The lowest BCUT2D eigenvalue weighted by molar-refractivity contribution is 0.442. The highest BCUT2D eigenvalue weighted by Gasteiger charge is 2.13. The summed E-state index contributed by atoms with van der Waals surface area (Å²) in [6.45, 7) is 5.87.